The number of carbonyl (C=O) groups is 1. The van der Waals surface area contributed by atoms with Gasteiger partial charge in [-0.3, -0.25) is 4.79 Å². The number of carbonyl (C=O) groups excluding carboxylic acids is 1. The monoisotopic (exact) mass is 329 g/mol. The highest BCUT2D eigenvalue weighted by atomic mass is 16.6. The summed E-state index contributed by atoms with van der Waals surface area (Å²) in [5, 5.41) is 7.12. The van der Waals surface area contributed by atoms with Crippen LogP contribution in [0.3, 0.4) is 0 Å². The van der Waals surface area contributed by atoms with Gasteiger partial charge in [0.25, 0.3) is 5.91 Å². The predicted molar refractivity (Wildman–Crippen MR) is 83.7 cm³/mol. The highest BCUT2D eigenvalue weighted by Gasteiger charge is 2.43. The van der Waals surface area contributed by atoms with Gasteiger partial charge in [-0.25, -0.2) is 0 Å². The molecule has 4 rings (SSSR count). The molecule has 1 aliphatic heterocycles. The van der Waals surface area contributed by atoms with E-state index in [2.05, 4.69) is 15.5 Å². The van der Waals surface area contributed by atoms with Crippen LogP contribution in [0.25, 0.3) is 0 Å². The Bertz CT molecular complexity index is 752. The molecule has 1 aromatic heterocycles. The topological polar surface area (TPSA) is 86.5 Å². The number of amides is 1. The Morgan fingerprint density at radius 2 is 2.00 bits per heavy atom. The van der Waals surface area contributed by atoms with Crippen LogP contribution >= 0.6 is 0 Å². The Morgan fingerprint density at radius 1 is 1.25 bits per heavy atom. The molecule has 126 valence electrons. The Kier molecular flexibility index (Phi) is 3.63. The van der Waals surface area contributed by atoms with E-state index < -0.39 is 11.6 Å². The maximum absolute atomic E-state index is 12.7. The Labute approximate surface area is 139 Å². The summed E-state index contributed by atoms with van der Waals surface area (Å²) in [6.45, 7) is 1.93. The van der Waals surface area contributed by atoms with E-state index in [1.165, 1.54) is 0 Å². The lowest BCUT2D eigenvalue weighted by Crippen LogP contribution is -2.52. The number of rotatable bonds is 3. The van der Waals surface area contributed by atoms with Gasteiger partial charge in [0.1, 0.15) is 12.1 Å². The molecule has 0 bridgehead atoms. The lowest BCUT2D eigenvalue weighted by atomic mass is 9.96. The zero-order valence-electron chi connectivity index (χ0n) is 13.4. The van der Waals surface area contributed by atoms with Crippen molar-refractivity contribution in [3.05, 3.63) is 36.0 Å². The van der Waals surface area contributed by atoms with Crippen molar-refractivity contribution in [3.63, 3.8) is 0 Å². The average molecular weight is 329 g/mol. The molecule has 1 atom stereocenters. The Morgan fingerprint density at radius 3 is 2.71 bits per heavy atom. The van der Waals surface area contributed by atoms with Crippen LogP contribution in [0.5, 0.6) is 11.5 Å². The normalized spacial score (nSPS) is 21.5. The highest BCUT2D eigenvalue weighted by Crippen LogP contribution is 2.38. The number of para-hydroxylation sites is 2. The molecule has 1 aliphatic carbocycles. The van der Waals surface area contributed by atoms with Crippen LogP contribution in [-0.2, 0) is 10.3 Å². The molecule has 2 aromatic rings. The highest BCUT2D eigenvalue weighted by molar-refractivity contribution is 5.82. The van der Waals surface area contributed by atoms with Crippen molar-refractivity contribution < 1.29 is 18.8 Å². The molecule has 1 aromatic carbocycles. The minimum absolute atomic E-state index is 0.185. The van der Waals surface area contributed by atoms with Crippen molar-refractivity contribution >= 4 is 5.91 Å². The summed E-state index contributed by atoms with van der Waals surface area (Å²) in [4.78, 5) is 17.1. The van der Waals surface area contributed by atoms with Crippen LogP contribution < -0.4 is 14.8 Å². The first-order valence-electron chi connectivity index (χ1n) is 8.18. The van der Waals surface area contributed by atoms with Gasteiger partial charge in [-0.2, -0.15) is 4.98 Å². The van der Waals surface area contributed by atoms with Crippen LogP contribution in [0.1, 0.15) is 37.4 Å². The molecule has 0 spiro atoms. The van der Waals surface area contributed by atoms with Crippen LogP contribution in [0.4, 0.5) is 0 Å². The summed E-state index contributed by atoms with van der Waals surface area (Å²) >= 11 is 0. The second kappa shape index (κ2) is 5.81. The smallest absolute Gasteiger partial charge is 0.265 e. The van der Waals surface area contributed by atoms with Crippen LogP contribution in [0, 0.1) is 6.92 Å². The van der Waals surface area contributed by atoms with Crippen LogP contribution in [0.15, 0.2) is 28.8 Å². The third kappa shape index (κ3) is 2.60. The van der Waals surface area contributed by atoms with Gasteiger partial charge in [0.15, 0.2) is 17.3 Å². The molecule has 1 fully saturated rings. The van der Waals surface area contributed by atoms with Crippen LogP contribution in [-0.4, -0.2) is 28.8 Å². The van der Waals surface area contributed by atoms with E-state index in [1.54, 1.807) is 13.0 Å². The third-order valence-electron chi connectivity index (χ3n) is 4.58. The lowest BCUT2D eigenvalue weighted by Gasteiger charge is -2.31. The summed E-state index contributed by atoms with van der Waals surface area (Å²) in [7, 11) is 0. The van der Waals surface area contributed by atoms with Gasteiger partial charge in [0.2, 0.25) is 12.0 Å². The number of aromatic nitrogens is 2. The SMILES string of the molecule is Cc1nc(C2(NC(=O)C3COc4ccccc4O3)CCCC2)no1. The quantitative estimate of drug-likeness (QED) is 0.928. The molecule has 7 nitrogen and oxygen atoms in total. The second-order valence-corrected chi connectivity index (χ2v) is 6.28. The van der Waals surface area contributed by atoms with Gasteiger partial charge < -0.3 is 19.3 Å². The van der Waals surface area contributed by atoms with E-state index in [4.69, 9.17) is 14.0 Å². The number of fused-ring (bicyclic) bond motifs is 1. The van der Waals surface area contributed by atoms with E-state index in [-0.39, 0.29) is 12.5 Å². The zero-order chi connectivity index (χ0) is 16.6. The maximum Gasteiger partial charge on any atom is 0.265 e. The van der Waals surface area contributed by atoms with Gasteiger partial charge in [0, 0.05) is 6.92 Å². The van der Waals surface area contributed by atoms with Gasteiger partial charge in [-0.1, -0.05) is 30.1 Å². The number of ether oxygens (including phenoxy) is 2. The molecular formula is C17H19N3O4. The minimum atomic E-state index is -0.689. The number of nitrogens with zero attached hydrogens (tertiary/aromatic N) is 2. The number of hydrogen-bond acceptors (Lipinski definition) is 6. The van der Waals surface area contributed by atoms with E-state index in [1.807, 2.05) is 18.2 Å². The molecule has 1 saturated carbocycles. The fourth-order valence-corrected chi connectivity index (χ4v) is 3.34. The second-order valence-electron chi connectivity index (χ2n) is 6.28. The van der Waals surface area contributed by atoms with E-state index >= 15 is 0 Å². The molecule has 2 aliphatic rings. The van der Waals surface area contributed by atoms with Crippen molar-refractivity contribution in [1.82, 2.24) is 15.5 Å². The first kappa shape index (κ1) is 15.0. The van der Waals surface area contributed by atoms with Gasteiger partial charge in [-0.05, 0) is 25.0 Å². The molecule has 1 amide bonds. The predicted octanol–water partition coefficient (Wildman–Crippen LogP) is 2.10. The van der Waals surface area contributed by atoms with Crippen molar-refractivity contribution in [2.45, 2.75) is 44.2 Å². The molecular weight excluding hydrogens is 310 g/mol. The summed E-state index contributed by atoms with van der Waals surface area (Å²) in [6, 6.07) is 7.34. The minimum Gasteiger partial charge on any atom is -0.485 e. The fourth-order valence-electron chi connectivity index (χ4n) is 3.34. The summed E-state index contributed by atoms with van der Waals surface area (Å²) in [6.07, 6.45) is 2.92. The molecule has 0 radical (unpaired) electrons. The third-order valence-corrected chi connectivity index (χ3v) is 4.58. The molecule has 2 heterocycles. The van der Waals surface area contributed by atoms with Gasteiger partial charge >= 0.3 is 0 Å². The van der Waals surface area contributed by atoms with E-state index in [9.17, 15) is 4.79 Å². The Balaban J connectivity index is 1.52. The number of hydrogen-bond donors (Lipinski definition) is 1. The van der Waals surface area contributed by atoms with E-state index in [0.29, 0.717) is 23.2 Å². The molecule has 7 heteroatoms. The summed E-state index contributed by atoms with van der Waals surface area (Å²) < 4.78 is 16.5. The molecule has 1 N–H and O–H groups in total. The van der Waals surface area contributed by atoms with E-state index in [0.717, 1.165) is 25.7 Å². The van der Waals surface area contributed by atoms with Gasteiger partial charge in [-0.15, -0.1) is 0 Å². The standard InChI is InChI=1S/C17H19N3O4/c1-11-18-16(20-24-11)17(8-4-5-9-17)19-15(21)14-10-22-12-6-2-3-7-13(12)23-14/h2-3,6-7,14H,4-5,8-10H2,1H3,(H,19,21). The fraction of sp³-hybridized carbons (Fsp3) is 0.471. The lowest BCUT2D eigenvalue weighted by molar-refractivity contribution is -0.132. The first-order chi connectivity index (χ1) is 11.7. The van der Waals surface area contributed by atoms with Crippen LogP contribution in [0.2, 0.25) is 0 Å². The molecule has 1 unspecified atom stereocenters. The maximum atomic E-state index is 12.7. The number of nitrogens with one attached hydrogen (secondary N) is 1. The van der Waals surface area contributed by atoms with Crippen molar-refractivity contribution in [2.75, 3.05) is 6.61 Å². The van der Waals surface area contributed by atoms with Crippen molar-refractivity contribution in [2.24, 2.45) is 0 Å². The molecule has 0 saturated heterocycles. The van der Waals surface area contributed by atoms with Gasteiger partial charge in [0.05, 0.1) is 0 Å². The zero-order valence-corrected chi connectivity index (χ0v) is 13.4. The average Bonchev–Trinajstić information content (AvgIpc) is 3.24. The Hall–Kier alpha value is -2.57. The summed E-state index contributed by atoms with van der Waals surface area (Å²) in [5.74, 6) is 2.07. The number of benzene rings is 1. The summed E-state index contributed by atoms with van der Waals surface area (Å²) in [5.41, 5.74) is -0.574. The first-order valence-corrected chi connectivity index (χ1v) is 8.18. The van der Waals surface area contributed by atoms with Crippen molar-refractivity contribution in [1.29, 1.82) is 0 Å². The molecule has 24 heavy (non-hydrogen) atoms. The van der Waals surface area contributed by atoms with Crippen molar-refractivity contribution in [3.8, 4) is 11.5 Å². The largest absolute Gasteiger partial charge is 0.485 e. The number of aryl methyl sites for hydroxylation is 1.